The number of H-pyrrole nitrogens is 1. The summed E-state index contributed by atoms with van der Waals surface area (Å²) in [4.78, 5) is 29.9. The Morgan fingerprint density at radius 1 is 1.40 bits per heavy atom. The number of piperidine rings is 1. The third-order valence-electron chi connectivity index (χ3n) is 4.24. The lowest BCUT2D eigenvalue weighted by Gasteiger charge is -2.40. The number of hydrogen-bond donors (Lipinski definition) is 2. The molecule has 8 heteroatoms. The SMILES string of the molecule is CC(C)(C)C(Oc1ccc(C#N)[nH]c1=O)C1CCN(OC(=O)O)CC1. The molecular weight excluding hydrogens is 326 g/mol. The number of hydroxylamine groups is 2. The van der Waals surface area contributed by atoms with E-state index in [0.29, 0.717) is 25.9 Å². The van der Waals surface area contributed by atoms with Crippen molar-refractivity contribution < 1.29 is 19.5 Å². The first kappa shape index (κ1) is 18.8. The third-order valence-corrected chi connectivity index (χ3v) is 4.24. The average Bonchev–Trinajstić information content (AvgIpc) is 2.53. The van der Waals surface area contributed by atoms with Crippen LogP contribution in [0.5, 0.6) is 5.75 Å². The van der Waals surface area contributed by atoms with E-state index in [9.17, 15) is 9.59 Å². The smallest absolute Gasteiger partial charge is 0.484 e. The van der Waals surface area contributed by atoms with Gasteiger partial charge in [0.1, 0.15) is 17.9 Å². The topological polar surface area (TPSA) is 116 Å². The average molecular weight is 349 g/mol. The van der Waals surface area contributed by atoms with Crippen LogP contribution < -0.4 is 10.3 Å². The number of aromatic nitrogens is 1. The van der Waals surface area contributed by atoms with E-state index in [4.69, 9.17) is 19.9 Å². The molecule has 0 spiro atoms. The van der Waals surface area contributed by atoms with E-state index in [1.54, 1.807) is 0 Å². The molecule has 1 aliphatic heterocycles. The fourth-order valence-corrected chi connectivity index (χ4v) is 3.12. The molecule has 0 bridgehead atoms. The van der Waals surface area contributed by atoms with Gasteiger partial charge in [-0.1, -0.05) is 20.8 Å². The minimum Gasteiger partial charge on any atom is -0.484 e. The number of aromatic amines is 1. The zero-order chi connectivity index (χ0) is 18.6. The summed E-state index contributed by atoms with van der Waals surface area (Å²) in [6, 6.07) is 4.91. The summed E-state index contributed by atoms with van der Waals surface area (Å²) in [6.45, 7) is 7.08. The first-order chi connectivity index (χ1) is 11.7. The zero-order valence-corrected chi connectivity index (χ0v) is 14.6. The van der Waals surface area contributed by atoms with E-state index in [2.05, 4.69) is 4.98 Å². The Balaban J connectivity index is 2.12. The molecule has 2 rings (SSSR count). The van der Waals surface area contributed by atoms with E-state index in [-0.39, 0.29) is 28.9 Å². The molecule has 1 fully saturated rings. The standard InChI is InChI=1S/C17H23N3O5/c1-17(2,3)14(11-6-8-20(9-7-11)25-16(22)23)24-13-5-4-12(10-18)19-15(13)21/h4-5,11,14H,6-9H2,1-3H3,(H,19,21)(H,22,23). The molecule has 2 N–H and O–H groups in total. The molecule has 25 heavy (non-hydrogen) atoms. The summed E-state index contributed by atoms with van der Waals surface area (Å²) < 4.78 is 6.04. The van der Waals surface area contributed by atoms with Crippen LogP contribution in [0.2, 0.25) is 0 Å². The van der Waals surface area contributed by atoms with Crippen LogP contribution in [0.4, 0.5) is 4.79 Å². The van der Waals surface area contributed by atoms with Gasteiger partial charge >= 0.3 is 6.16 Å². The van der Waals surface area contributed by atoms with Gasteiger partial charge in [0.25, 0.3) is 5.56 Å². The second-order valence-electron chi connectivity index (χ2n) is 7.21. The lowest BCUT2D eigenvalue weighted by Crippen LogP contribution is -2.46. The number of carboxylic acid groups (broad SMARTS) is 1. The van der Waals surface area contributed by atoms with E-state index >= 15 is 0 Å². The highest BCUT2D eigenvalue weighted by molar-refractivity contribution is 5.56. The number of nitrogens with one attached hydrogen (secondary N) is 1. The van der Waals surface area contributed by atoms with Crippen molar-refractivity contribution in [1.82, 2.24) is 10.0 Å². The molecular formula is C17H23N3O5. The van der Waals surface area contributed by atoms with Crippen molar-refractivity contribution in [3.8, 4) is 11.8 Å². The Morgan fingerprint density at radius 2 is 2.04 bits per heavy atom. The van der Waals surface area contributed by atoms with Crippen LogP contribution >= 0.6 is 0 Å². The molecule has 136 valence electrons. The molecule has 1 unspecified atom stereocenters. The summed E-state index contributed by atoms with van der Waals surface area (Å²) in [5, 5.41) is 18.9. The highest BCUT2D eigenvalue weighted by Gasteiger charge is 2.37. The third kappa shape index (κ3) is 4.97. The monoisotopic (exact) mass is 349 g/mol. The van der Waals surface area contributed by atoms with Crippen molar-refractivity contribution in [2.45, 2.75) is 39.7 Å². The number of pyridine rings is 1. The fourth-order valence-electron chi connectivity index (χ4n) is 3.12. The maximum Gasteiger partial charge on any atom is 0.525 e. The Hall–Kier alpha value is -2.53. The lowest BCUT2D eigenvalue weighted by atomic mass is 9.77. The van der Waals surface area contributed by atoms with Gasteiger partial charge in [0, 0.05) is 13.1 Å². The number of hydrogen-bond acceptors (Lipinski definition) is 6. The molecule has 0 amide bonds. The largest absolute Gasteiger partial charge is 0.525 e. The van der Waals surface area contributed by atoms with Crippen LogP contribution in [0.25, 0.3) is 0 Å². The number of rotatable bonds is 4. The highest BCUT2D eigenvalue weighted by Crippen LogP contribution is 2.34. The Morgan fingerprint density at radius 3 is 2.52 bits per heavy atom. The van der Waals surface area contributed by atoms with Crippen LogP contribution in [-0.2, 0) is 4.84 Å². The molecule has 1 aliphatic rings. The lowest BCUT2D eigenvalue weighted by molar-refractivity contribution is -0.144. The van der Waals surface area contributed by atoms with Crippen molar-refractivity contribution in [1.29, 1.82) is 5.26 Å². The van der Waals surface area contributed by atoms with Crippen LogP contribution in [0, 0.1) is 22.7 Å². The Labute approximate surface area is 145 Å². The molecule has 0 saturated carbocycles. The molecule has 1 aromatic rings. The van der Waals surface area contributed by atoms with Gasteiger partial charge in [-0.2, -0.15) is 5.26 Å². The zero-order valence-electron chi connectivity index (χ0n) is 14.6. The van der Waals surface area contributed by atoms with Crippen LogP contribution in [0.15, 0.2) is 16.9 Å². The van der Waals surface area contributed by atoms with Crippen molar-refractivity contribution in [2.75, 3.05) is 13.1 Å². The summed E-state index contributed by atoms with van der Waals surface area (Å²) >= 11 is 0. The number of carbonyl (C=O) groups is 1. The highest BCUT2D eigenvalue weighted by atomic mass is 16.8. The first-order valence-corrected chi connectivity index (χ1v) is 8.16. The van der Waals surface area contributed by atoms with Crippen molar-refractivity contribution in [3.63, 3.8) is 0 Å². The summed E-state index contributed by atoms with van der Waals surface area (Å²) in [6.07, 6.45) is -0.146. The second-order valence-corrected chi connectivity index (χ2v) is 7.21. The van der Waals surface area contributed by atoms with E-state index in [1.165, 1.54) is 17.2 Å². The van der Waals surface area contributed by atoms with E-state index in [1.807, 2.05) is 26.8 Å². The summed E-state index contributed by atoms with van der Waals surface area (Å²) in [5.41, 5.74) is -0.468. The molecule has 1 saturated heterocycles. The Bertz CT molecular complexity index is 708. The quantitative estimate of drug-likeness (QED) is 0.857. The van der Waals surface area contributed by atoms with Gasteiger partial charge in [-0.15, -0.1) is 5.06 Å². The summed E-state index contributed by atoms with van der Waals surface area (Å²) in [5.74, 6) is 0.340. The predicted molar refractivity (Wildman–Crippen MR) is 89.1 cm³/mol. The Kier molecular flexibility index (Phi) is 5.69. The number of nitrogens with zero attached hydrogens (tertiary/aromatic N) is 2. The molecule has 8 nitrogen and oxygen atoms in total. The fraction of sp³-hybridized carbons (Fsp3) is 0.588. The summed E-state index contributed by atoms with van der Waals surface area (Å²) in [7, 11) is 0. The van der Waals surface area contributed by atoms with Crippen LogP contribution in [0.1, 0.15) is 39.3 Å². The maximum absolute atomic E-state index is 12.1. The molecule has 0 radical (unpaired) electrons. The predicted octanol–water partition coefficient (Wildman–Crippen LogP) is 2.36. The van der Waals surface area contributed by atoms with Gasteiger partial charge in [0.05, 0.1) is 0 Å². The van der Waals surface area contributed by atoms with Crippen molar-refractivity contribution in [3.05, 3.63) is 28.2 Å². The van der Waals surface area contributed by atoms with Gasteiger partial charge in [-0.3, -0.25) is 4.79 Å². The van der Waals surface area contributed by atoms with Crippen LogP contribution in [0.3, 0.4) is 0 Å². The van der Waals surface area contributed by atoms with Gasteiger partial charge in [-0.25, -0.2) is 4.79 Å². The van der Waals surface area contributed by atoms with Gasteiger partial charge < -0.3 is 19.7 Å². The maximum atomic E-state index is 12.1. The molecule has 1 aromatic heterocycles. The van der Waals surface area contributed by atoms with Gasteiger partial charge in [0.2, 0.25) is 0 Å². The number of ether oxygens (including phenoxy) is 1. The number of nitriles is 1. The minimum atomic E-state index is -1.31. The molecule has 0 aromatic carbocycles. The molecule has 0 aliphatic carbocycles. The minimum absolute atomic E-state index is 0.156. The molecule has 2 heterocycles. The van der Waals surface area contributed by atoms with E-state index < -0.39 is 11.7 Å². The van der Waals surface area contributed by atoms with Crippen molar-refractivity contribution in [2.24, 2.45) is 11.3 Å². The molecule has 1 atom stereocenters. The second kappa shape index (κ2) is 7.57. The van der Waals surface area contributed by atoms with E-state index in [0.717, 1.165) is 0 Å². The van der Waals surface area contributed by atoms with Crippen molar-refractivity contribution >= 4 is 6.16 Å². The normalized spacial score (nSPS) is 17.5. The first-order valence-electron chi connectivity index (χ1n) is 8.16. The van der Waals surface area contributed by atoms with Gasteiger partial charge in [0.15, 0.2) is 5.75 Å². The van der Waals surface area contributed by atoms with Gasteiger partial charge in [-0.05, 0) is 36.3 Å². The van der Waals surface area contributed by atoms with Crippen LogP contribution in [-0.4, -0.2) is 40.5 Å².